The Labute approximate surface area is 199 Å². The Morgan fingerprint density at radius 2 is 1.88 bits per heavy atom. The Hall–Kier alpha value is -2.13. The molecule has 2 aromatic heterocycles. The molecule has 0 bridgehead atoms. The monoisotopic (exact) mass is 476 g/mol. The summed E-state index contributed by atoms with van der Waals surface area (Å²) >= 11 is 0. The van der Waals surface area contributed by atoms with Crippen molar-refractivity contribution in [3.8, 4) is 11.3 Å². The third-order valence-electron chi connectivity index (χ3n) is 8.41. The van der Waals surface area contributed by atoms with E-state index in [-0.39, 0.29) is 6.04 Å². The molecule has 3 heterocycles. The largest absolute Gasteiger partial charge is 0.419 e. The molecular formula is C25H35F3N6. The number of nitrogen functional groups attached to an aromatic ring is 1. The first kappa shape index (κ1) is 23.6. The van der Waals surface area contributed by atoms with Crippen LogP contribution < -0.4 is 5.73 Å². The van der Waals surface area contributed by atoms with Gasteiger partial charge in [-0.25, -0.2) is 4.98 Å². The summed E-state index contributed by atoms with van der Waals surface area (Å²) in [5.74, 6) is 1.22. The molecule has 0 radical (unpaired) electrons. The van der Waals surface area contributed by atoms with Crippen LogP contribution in [0.15, 0.2) is 18.3 Å². The SMILES string of the molecule is CCC(C)n1nc(-c2cnc(N)c(C(F)(F)F)c2)cc1C1C2CC(N3CCN(C)CC3C)CC21. The summed E-state index contributed by atoms with van der Waals surface area (Å²) < 4.78 is 42.2. The van der Waals surface area contributed by atoms with E-state index in [4.69, 9.17) is 10.8 Å². The van der Waals surface area contributed by atoms with Gasteiger partial charge in [-0.05, 0) is 64.1 Å². The Morgan fingerprint density at radius 1 is 1.18 bits per heavy atom. The van der Waals surface area contributed by atoms with Gasteiger partial charge in [-0.15, -0.1) is 0 Å². The molecule has 2 saturated carbocycles. The van der Waals surface area contributed by atoms with Gasteiger partial charge in [0.05, 0.1) is 11.3 Å². The lowest BCUT2D eigenvalue weighted by Crippen LogP contribution is -2.54. The lowest BCUT2D eigenvalue weighted by molar-refractivity contribution is -0.137. The second-order valence-electron chi connectivity index (χ2n) is 10.6. The van der Waals surface area contributed by atoms with Crippen molar-refractivity contribution in [3.05, 3.63) is 29.6 Å². The van der Waals surface area contributed by atoms with Gasteiger partial charge in [0.25, 0.3) is 0 Å². The van der Waals surface area contributed by atoms with E-state index < -0.39 is 17.6 Å². The second kappa shape index (κ2) is 8.52. The van der Waals surface area contributed by atoms with Gasteiger partial charge in [0.2, 0.25) is 0 Å². The number of aromatic nitrogens is 3. The third-order valence-corrected chi connectivity index (χ3v) is 8.41. The molecule has 3 aliphatic rings. The first-order valence-electron chi connectivity index (χ1n) is 12.4. The number of nitrogens with two attached hydrogens (primary N) is 1. The van der Waals surface area contributed by atoms with E-state index in [1.54, 1.807) is 0 Å². The quantitative estimate of drug-likeness (QED) is 0.681. The van der Waals surface area contributed by atoms with Crippen LogP contribution in [0.4, 0.5) is 19.0 Å². The number of fused-ring (bicyclic) bond motifs is 1. The van der Waals surface area contributed by atoms with Crippen LogP contribution in [-0.2, 0) is 6.18 Å². The lowest BCUT2D eigenvalue weighted by atomic mass is 10.00. The summed E-state index contributed by atoms with van der Waals surface area (Å²) in [6.45, 7) is 9.94. The fourth-order valence-corrected chi connectivity index (χ4v) is 6.39. The number of halogens is 3. The molecular weight excluding hydrogens is 441 g/mol. The van der Waals surface area contributed by atoms with Gasteiger partial charge in [0.15, 0.2) is 0 Å². The zero-order valence-electron chi connectivity index (χ0n) is 20.4. The highest BCUT2D eigenvalue weighted by Gasteiger charge is 2.59. The van der Waals surface area contributed by atoms with Gasteiger partial charge in [0.1, 0.15) is 5.82 Å². The van der Waals surface area contributed by atoms with Gasteiger partial charge < -0.3 is 10.6 Å². The van der Waals surface area contributed by atoms with Crippen molar-refractivity contribution < 1.29 is 13.2 Å². The molecule has 2 aromatic rings. The zero-order valence-corrected chi connectivity index (χ0v) is 20.4. The van der Waals surface area contributed by atoms with E-state index in [1.807, 2.05) is 6.07 Å². The van der Waals surface area contributed by atoms with Crippen molar-refractivity contribution >= 4 is 5.82 Å². The number of likely N-dealkylation sites (N-methyl/N-ethyl adjacent to an activating group) is 1. The Balaban J connectivity index is 1.38. The van der Waals surface area contributed by atoms with Crippen LogP contribution in [0, 0.1) is 11.8 Å². The van der Waals surface area contributed by atoms with Gasteiger partial charge in [-0.2, -0.15) is 18.3 Å². The molecule has 0 aromatic carbocycles. The maximum Gasteiger partial charge on any atom is 0.419 e. The van der Waals surface area contributed by atoms with Crippen LogP contribution in [0.2, 0.25) is 0 Å². The summed E-state index contributed by atoms with van der Waals surface area (Å²) in [6.07, 6.45) is 0.164. The Bertz CT molecular complexity index is 1040. The highest BCUT2D eigenvalue weighted by Crippen LogP contribution is 2.64. The predicted octanol–water partition coefficient (Wildman–Crippen LogP) is 4.65. The number of hydrogen-bond acceptors (Lipinski definition) is 5. The normalized spacial score (nSPS) is 31.0. The molecule has 3 fully saturated rings. The number of nitrogens with zero attached hydrogens (tertiary/aromatic N) is 5. The first-order chi connectivity index (χ1) is 16.1. The van der Waals surface area contributed by atoms with Crippen LogP contribution in [-0.4, -0.2) is 63.3 Å². The lowest BCUT2D eigenvalue weighted by Gasteiger charge is -2.42. The average molecular weight is 477 g/mol. The van der Waals surface area contributed by atoms with Crippen molar-refractivity contribution in [1.82, 2.24) is 24.6 Å². The van der Waals surface area contributed by atoms with E-state index in [1.165, 1.54) is 19.0 Å². The average Bonchev–Trinajstić information content (AvgIpc) is 3.12. The zero-order chi connectivity index (χ0) is 24.4. The van der Waals surface area contributed by atoms with Crippen LogP contribution >= 0.6 is 0 Å². The van der Waals surface area contributed by atoms with E-state index >= 15 is 0 Å². The third kappa shape index (κ3) is 4.11. The maximum atomic E-state index is 13.4. The molecule has 9 heteroatoms. The number of rotatable bonds is 5. The van der Waals surface area contributed by atoms with E-state index in [0.717, 1.165) is 37.8 Å². The molecule has 0 amide bonds. The molecule has 1 saturated heterocycles. The van der Waals surface area contributed by atoms with E-state index in [2.05, 4.69) is 47.3 Å². The summed E-state index contributed by atoms with van der Waals surface area (Å²) in [5.41, 5.74) is 6.67. The van der Waals surface area contributed by atoms with Gasteiger partial charge in [-0.3, -0.25) is 9.58 Å². The summed E-state index contributed by atoms with van der Waals surface area (Å²) in [7, 11) is 2.19. The van der Waals surface area contributed by atoms with Crippen LogP contribution in [0.25, 0.3) is 11.3 Å². The highest BCUT2D eigenvalue weighted by molar-refractivity contribution is 5.63. The predicted molar refractivity (Wildman–Crippen MR) is 126 cm³/mol. The molecule has 2 aliphatic carbocycles. The standard InChI is InChI=1S/C25H35F3N6/c1-5-14(2)34-22(11-21(31-34)16-8-20(25(26,27)28)24(29)30-12-16)23-18-9-17(10-19(18)23)33-7-6-32(4)13-15(33)3/h8,11-12,14-15,17-19,23H,5-7,9-10,13H2,1-4H3,(H2,29,30). The molecule has 4 unspecified atom stereocenters. The summed E-state index contributed by atoms with van der Waals surface area (Å²) in [5, 5.41) is 4.77. The number of anilines is 1. The fourth-order valence-electron chi connectivity index (χ4n) is 6.39. The number of hydrogen-bond donors (Lipinski definition) is 1. The van der Waals surface area contributed by atoms with Crippen molar-refractivity contribution in [2.75, 3.05) is 32.4 Å². The van der Waals surface area contributed by atoms with Gasteiger partial charge >= 0.3 is 6.18 Å². The minimum absolute atomic E-state index is 0.183. The molecule has 34 heavy (non-hydrogen) atoms. The van der Waals surface area contributed by atoms with Crippen molar-refractivity contribution in [2.24, 2.45) is 11.8 Å². The van der Waals surface area contributed by atoms with Crippen LogP contribution in [0.5, 0.6) is 0 Å². The van der Waals surface area contributed by atoms with Crippen molar-refractivity contribution in [2.45, 2.75) is 70.3 Å². The van der Waals surface area contributed by atoms with Crippen molar-refractivity contribution in [1.29, 1.82) is 0 Å². The molecule has 6 nitrogen and oxygen atoms in total. The van der Waals surface area contributed by atoms with Crippen molar-refractivity contribution in [3.63, 3.8) is 0 Å². The molecule has 4 atom stereocenters. The summed E-state index contributed by atoms with van der Waals surface area (Å²) in [6, 6.07) is 4.48. The number of alkyl halides is 3. The number of piperazine rings is 1. The molecule has 186 valence electrons. The molecule has 5 rings (SSSR count). The van der Waals surface area contributed by atoms with Gasteiger partial charge in [-0.1, -0.05) is 6.92 Å². The minimum atomic E-state index is -4.54. The smallest absolute Gasteiger partial charge is 0.383 e. The first-order valence-corrected chi connectivity index (χ1v) is 12.4. The second-order valence-corrected chi connectivity index (χ2v) is 10.6. The van der Waals surface area contributed by atoms with E-state index in [0.29, 0.717) is 41.1 Å². The van der Waals surface area contributed by atoms with E-state index in [9.17, 15) is 13.2 Å². The topological polar surface area (TPSA) is 63.2 Å². The van der Waals surface area contributed by atoms with Gasteiger partial charge in [0, 0.05) is 61.1 Å². The Kier molecular flexibility index (Phi) is 5.91. The molecule has 2 N–H and O–H groups in total. The maximum absolute atomic E-state index is 13.4. The minimum Gasteiger partial charge on any atom is -0.383 e. The van der Waals surface area contributed by atoms with Crippen LogP contribution in [0.1, 0.15) is 63.3 Å². The molecule has 0 spiro atoms. The van der Waals surface area contributed by atoms with Crippen LogP contribution in [0.3, 0.4) is 0 Å². The number of pyridine rings is 1. The molecule has 1 aliphatic heterocycles. The fraction of sp³-hybridized carbons (Fsp3) is 0.680. The summed E-state index contributed by atoms with van der Waals surface area (Å²) in [4.78, 5) is 8.92. The highest BCUT2D eigenvalue weighted by atomic mass is 19.4. The Morgan fingerprint density at radius 3 is 2.50 bits per heavy atom.